The molecular weight excluding hydrogens is 191 g/mol. The van der Waals surface area contributed by atoms with E-state index in [1.165, 1.54) is 12.1 Å². The predicted molar refractivity (Wildman–Crippen MR) is 62.5 cm³/mol. The Hall–Kier alpha value is -1.09. The number of nitrogens with two attached hydrogens (primary N) is 1. The topological polar surface area (TPSA) is 29.3 Å². The summed E-state index contributed by atoms with van der Waals surface area (Å²) in [4.78, 5) is 2.10. The van der Waals surface area contributed by atoms with Crippen LogP contribution in [-0.2, 0) is 0 Å². The van der Waals surface area contributed by atoms with Crippen LogP contribution in [0.2, 0.25) is 0 Å². The molecule has 15 heavy (non-hydrogen) atoms. The third-order valence-corrected chi connectivity index (χ3v) is 2.63. The Morgan fingerprint density at radius 3 is 2.33 bits per heavy atom. The lowest BCUT2D eigenvalue weighted by atomic mass is 10.1. The second kappa shape index (κ2) is 4.62. The summed E-state index contributed by atoms with van der Waals surface area (Å²) in [5.74, 6) is -0.233. The van der Waals surface area contributed by atoms with Gasteiger partial charge in [-0.1, -0.05) is 0 Å². The molecular formula is C12H19FN2. The molecule has 0 saturated heterocycles. The minimum Gasteiger partial charge on any atom is -0.372 e. The first kappa shape index (κ1) is 12.0. The summed E-state index contributed by atoms with van der Waals surface area (Å²) < 4.78 is 13.1. The fourth-order valence-corrected chi connectivity index (χ4v) is 1.49. The molecule has 0 aliphatic heterocycles. The van der Waals surface area contributed by atoms with E-state index in [0.29, 0.717) is 6.04 Å². The van der Waals surface area contributed by atoms with Crippen LogP contribution < -0.4 is 10.6 Å². The van der Waals surface area contributed by atoms with Crippen molar-refractivity contribution in [2.75, 3.05) is 11.9 Å². The Morgan fingerprint density at radius 2 is 1.87 bits per heavy atom. The van der Waals surface area contributed by atoms with Crippen LogP contribution in [0.4, 0.5) is 10.1 Å². The normalized spacial score (nSPS) is 13.0. The van der Waals surface area contributed by atoms with Crippen LogP contribution in [0.25, 0.3) is 0 Å². The first-order valence-electron chi connectivity index (χ1n) is 5.21. The molecule has 0 aromatic heterocycles. The minimum atomic E-state index is -0.233. The molecule has 0 radical (unpaired) electrons. The Labute approximate surface area is 90.9 Å². The van der Waals surface area contributed by atoms with E-state index in [2.05, 4.69) is 18.7 Å². The summed E-state index contributed by atoms with van der Waals surface area (Å²) in [5.41, 5.74) is 7.68. The third-order valence-electron chi connectivity index (χ3n) is 2.63. The van der Waals surface area contributed by atoms with E-state index in [0.717, 1.165) is 11.3 Å². The summed E-state index contributed by atoms with van der Waals surface area (Å²) in [6.07, 6.45) is 0. The summed E-state index contributed by atoms with van der Waals surface area (Å²) in [6.45, 7) is 6.05. The second-order valence-electron chi connectivity index (χ2n) is 4.20. The molecule has 2 N–H and O–H groups in total. The molecule has 3 heteroatoms. The van der Waals surface area contributed by atoms with Gasteiger partial charge in [-0.25, -0.2) is 4.39 Å². The molecule has 0 bridgehead atoms. The van der Waals surface area contributed by atoms with E-state index in [-0.39, 0.29) is 11.9 Å². The maximum atomic E-state index is 13.1. The molecule has 84 valence electrons. The average molecular weight is 210 g/mol. The third kappa shape index (κ3) is 2.69. The molecule has 0 spiro atoms. The lowest BCUT2D eigenvalue weighted by molar-refractivity contribution is 0.620. The van der Waals surface area contributed by atoms with Crippen molar-refractivity contribution >= 4 is 5.69 Å². The highest BCUT2D eigenvalue weighted by Crippen LogP contribution is 2.26. The standard InChI is InChI=1S/C12H19FN2/c1-8(2)15(4)12-6-5-10(13)7-11(12)9(3)14/h5-9H,14H2,1-4H3. The number of nitrogens with zero attached hydrogens (tertiary/aromatic N) is 1. The fourth-order valence-electron chi connectivity index (χ4n) is 1.49. The summed E-state index contributed by atoms with van der Waals surface area (Å²) in [7, 11) is 1.99. The monoisotopic (exact) mass is 210 g/mol. The average Bonchev–Trinajstić information content (AvgIpc) is 2.16. The molecule has 1 atom stereocenters. The maximum absolute atomic E-state index is 13.1. The number of halogens is 1. The van der Waals surface area contributed by atoms with Crippen LogP contribution in [0.5, 0.6) is 0 Å². The Balaban J connectivity index is 3.16. The van der Waals surface area contributed by atoms with E-state index in [1.807, 2.05) is 14.0 Å². The molecule has 2 nitrogen and oxygen atoms in total. The van der Waals surface area contributed by atoms with Crippen molar-refractivity contribution in [2.45, 2.75) is 32.9 Å². The molecule has 1 rings (SSSR count). The molecule has 0 saturated carbocycles. The van der Waals surface area contributed by atoms with Gasteiger partial charge in [0.25, 0.3) is 0 Å². The number of benzene rings is 1. The zero-order valence-electron chi connectivity index (χ0n) is 9.79. The maximum Gasteiger partial charge on any atom is 0.123 e. The lowest BCUT2D eigenvalue weighted by Gasteiger charge is -2.27. The molecule has 0 amide bonds. The van der Waals surface area contributed by atoms with Crippen molar-refractivity contribution in [1.29, 1.82) is 0 Å². The van der Waals surface area contributed by atoms with E-state index in [1.54, 1.807) is 6.07 Å². The van der Waals surface area contributed by atoms with Crippen molar-refractivity contribution in [3.8, 4) is 0 Å². The molecule has 1 aromatic carbocycles. The van der Waals surface area contributed by atoms with Gasteiger partial charge in [0.15, 0.2) is 0 Å². The van der Waals surface area contributed by atoms with Gasteiger partial charge in [-0.05, 0) is 44.5 Å². The number of hydrogen-bond acceptors (Lipinski definition) is 2. The highest BCUT2D eigenvalue weighted by molar-refractivity contribution is 5.55. The van der Waals surface area contributed by atoms with Gasteiger partial charge in [-0.2, -0.15) is 0 Å². The lowest BCUT2D eigenvalue weighted by Crippen LogP contribution is -2.27. The molecule has 0 aliphatic rings. The van der Waals surface area contributed by atoms with Gasteiger partial charge in [0.2, 0.25) is 0 Å². The summed E-state index contributed by atoms with van der Waals surface area (Å²) >= 11 is 0. The number of rotatable bonds is 3. The van der Waals surface area contributed by atoms with Crippen LogP contribution in [0.3, 0.4) is 0 Å². The van der Waals surface area contributed by atoms with Crippen molar-refractivity contribution in [3.63, 3.8) is 0 Å². The van der Waals surface area contributed by atoms with E-state index in [9.17, 15) is 4.39 Å². The fraction of sp³-hybridized carbons (Fsp3) is 0.500. The highest BCUT2D eigenvalue weighted by Gasteiger charge is 2.13. The van der Waals surface area contributed by atoms with Crippen LogP contribution in [0.1, 0.15) is 32.4 Å². The van der Waals surface area contributed by atoms with Crippen LogP contribution in [0, 0.1) is 5.82 Å². The Morgan fingerprint density at radius 1 is 1.27 bits per heavy atom. The SMILES string of the molecule is CC(N)c1cc(F)ccc1N(C)C(C)C. The van der Waals surface area contributed by atoms with E-state index in [4.69, 9.17) is 5.73 Å². The first-order chi connectivity index (χ1) is 6.93. The van der Waals surface area contributed by atoms with Gasteiger partial charge >= 0.3 is 0 Å². The van der Waals surface area contributed by atoms with E-state index >= 15 is 0 Å². The highest BCUT2D eigenvalue weighted by atomic mass is 19.1. The summed E-state index contributed by atoms with van der Waals surface area (Å²) in [5, 5.41) is 0. The smallest absolute Gasteiger partial charge is 0.123 e. The molecule has 1 aromatic rings. The molecule has 0 aliphatic carbocycles. The zero-order valence-corrected chi connectivity index (χ0v) is 9.79. The van der Waals surface area contributed by atoms with Crippen LogP contribution in [0.15, 0.2) is 18.2 Å². The van der Waals surface area contributed by atoms with Gasteiger partial charge in [0.1, 0.15) is 5.82 Å². The van der Waals surface area contributed by atoms with E-state index < -0.39 is 0 Å². The molecule has 0 fully saturated rings. The van der Waals surface area contributed by atoms with Crippen LogP contribution in [-0.4, -0.2) is 13.1 Å². The van der Waals surface area contributed by atoms with Gasteiger partial charge in [-0.3, -0.25) is 0 Å². The Kier molecular flexibility index (Phi) is 3.69. The summed E-state index contributed by atoms with van der Waals surface area (Å²) in [6, 6.07) is 4.98. The second-order valence-corrected chi connectivity index (χ2v) is 4.20. The van der Waals surface area contributed by atoms with Crippen LogP contribution >= 0.6 is 0 Å². The first-order valence-corrected chi connectivity index (χ1v) is 5.21. The van der Waals surface area contributed by atoms with Gasteiger partial charge in [0, 0.05) is 24.8 Å². The Bertz CT molecular complexity index is 334. The van der Waals surface area contributed by atoms with Gasteiger partial charge < -0.3 is 10.6 Å². The molecule has 0 heterocycles. The number of hydrogen-bond donors (Lipinski definition) is 1. The molecule has 1 unspecified atom stereocenters. The largest absolute Gasteiger partial charge is 0.372 e. The minimum absolute atomic E-state index is 0.156. The van der Waals surface area contributed by atoms with Gasteiger partial charge in [0.05, 0.1) is 0 Å². The van der Waals surface area contributed by atoms with Crippen molar-refractivity contribution in [1.82, 2.24) is 0 Å². The zero-order chi connectivity index (χ0) is 11.6. The van der Waals surface area contributed by atoms with Crippen molar-refractivity contribution in [2.24, 2.45) is 5.73 Å². The number of anilines is 1. The predicted octanol–water partition coefficient (Wildman–Crippen LogP) is 2.69. The van der Waals surface area contributed by atoms with Crippen molar-refractivity contribution in [3.05, 3.63) is 29.6 Å². The van der Waals surface area contributed by atoms with Crippen molar-refractivity contribution < 1.29 is 4.39 Å². The van der Waals surface area contributed by atoms with Gasteiger partial charge in [-0.15, -0.1) is 0 Å². The quantitative estimate of drug-likeness (QED) is 0.831.